The van der Waals surface area contributed by atoms with E-state index in [1.165, 1.54) is 4.57 Å². The Morgan fingerprint density at radius 2 is 1.79 bits per heavy atom. The highest BCUT2D eigenvalue weighted by Crippen LogP contribution is 2.33. The fourth-order valence-corrected chi connectivity index (χ4v) is 3.74. The van der Waals surface area contributed by atoms with Crippen molar-refractivity contribution in [2.45, 2.75) is 43.0 Å². The number of aromatic nitrogens is 1. The predicted octanol–water partition coefficient (Wildman–Crippen LogP) is 2.54. The number of nitrogens with zero attached hydrogens (tertiary/aromatic N) is 1. The molecule has 1 saturated carbocycles. The van der Waals surface area contributed by atoms with E-state index in [1.54, 1.807) is 0 Å². The molecule has 3 rings (SSSR count). The second kappa shape index (κ2) is 6.14. The van der Waals surface area contributed by atoms with Crippen LogP contribution in [0.2, 0.25) is 0 Å². The zero-order valence-electron chi connectivity index (χ0n) is 12.7. The fraction of sp³-hybridized carbons (Fsp3) is 0.400. The Balaban J connectivity index is 2.14. The molecule has 0 unspecified atom stereocenters. The summed E-state index contributed by atoms with van der Waals surface area (Å²) < 4.78 is 57.1. The molecule has 130 valence electrons. The molecule has 9 heteroatoms. The number of hydrogen-bond acceptors (Lipinski definition) is 4. The van der Waals surface area contributed by atoms with Gasteiger partial charge in [-0.3, -0.25) is 4.57 Å². The molecule has 24 heavy (non-hydrogen) atoms. The van der Waals surface area contributed by atoms with Crippen molar-refractivity contribution in [1.82, 2.24) is 4.57 Å². The van der Waals surface area contributed by atoms with E-state index in [-0.39, 0.29) is 17.3 Å². The van der Waals surface area contributed by atoms with Crippen LogP contribution in [-0.2, 0) is 10.0 Å². The van der Waals surface area contributed by atoms with Crippen LogP contribution in [0.3, 0.4) is 0 Å². The maximum atomic E-state index is 14.4. The highest BCUT2D eigenvalue weighted by Gasteiger charge is 2.25. The summed E-state index contributed by atoms with van der Waals surface area (Å²) in [5.74, 6) is -2.82. The Labute approximate surface area is 136 Å². The molecule has 0 saturated heterocycles. The van der Waals surface area contributed by atoms with Crippen LogP contribution in [0, 0.1) is 11.6 Å². The quantitative estimate of drug-likeness (QED) is 0.912. The van der Waals surface area contributed by atoms with Crippen LogP contribution in [0.15, 0.2) is 32.5 Å². The molecule has 1 aromatic carbocycles. The molecule has 0 spiro atoms. The average molecular weight is 358 g/mol. The van der Waals surface area contributed by atoms with Crippen LogP contribution in [-0.4, -0.2) is 13.0 Å². The number of primary sulfonamides is 1. The second-order valence-corrected chi connectivity index (χ2v) is 7.39. The van der Waals surface area contributed by atoms with Crippen molar-refractivity contribution in [1.29, 1.82) is 0 Å². The summed E-state index contributed by atoms with van der Waals surface area (Å²) in [6.45, 7) is 0. The van der Waals surface area contributed by atoms with E-state index in [4.69, 9.17) is 9.56 Å². The van der Waals surface area contributed by atoms with E-state index in [2.05, 4.69) is 0 Å². The van der Waals surface area contributed by atoms with Gasteiger partial charge in [-0.15, -0.1) is 0 Å². The third kappa shape index (κ3) is 3.01. The third-order valence-corrected chi connectivity index (χ3v) is 5.20. The monoisotopic (exact) mass is 358 g/mol. The molecule has 1 aliphatic rings. The minimum absolute atomic E-state index is 0.0873. The SMILES string of the molecule is NS(=O)(=O)c1cc(F)c(-c2coc(=O)n2C2CCCCC2)cc1F. The van der Waals surface area contributed by atoms with Gasteiger partial charge >= 0.3 is 5.76 Å². The number of hydrogen-bond donors (Lipinski definition) is 1. The van der Waals surface area contributed by atoms with Gasteiger partial charge in [-0.05, 0) is 25.0 Å². The molecular weight excluding hydrogens is 342 g/mol. The molecular formula is C15H16F2N2O4S. The lowest BCUT2D eigenvalue weighted by molar-refractivity contribution is 0.331. The molecule has 6 nitrogen and oxygen atoms in total. The second-order valence-electron chi connectivity index (χ2n) is 5.86. The molecule has 1 heterocycles. The molecule has 1 aromatic heterocycles. The van der Waals surface area contributed by atoms with Gasteiger partial charge < -0.3 is 4.42 Å². The molecule has 0 atom stereocenters. The number of halogens is 2. The van der Waals surface area contributed by atoms with Crippen molar-refractivity contribution < 1.29 is 21.6 Å². The fourth-order valence-electron chi connectivity index (χ4n) is 3.14. The predicted molar refractivity (Wildman–Crippen MR) is 81.8 cm³/mol. The first-order valence-corrected chi connectivity index (χ1v) is 9.06. The molecule has 0 aliphatic heterocycles. The number of oxazole rings is 1. The van der Waals surface area contributed by atoms with Crippen molar-refractivity contribution in [2.24, 2.45) is 5.14 Å². The Morgan fingerprint density at radius 3 is 2.42 bits per heavy atom. The first kappa shape index (κ1) is 16.8. The van der Waals surface area contributed by atoms with E-state index in [0.717, 1.165) is 44.4 Å². The summed E-state index contributed by atoms with van der Waals surface area (Å²) in [4.78, 5) is 11.1. The molecule has 1 fully saturated rings. The normalized spacial score (nSPS) is 16.5. The van der Waals surface area contributed by atoms with E-state index in [1.807, 2.05) is 0 Å². The zero-order chi connectivity index (χ0) is 17.5. The van der Waals surface area contributed by atoms with Crippen molar-refractivity contribution in [2.75, 3.05) is 0 Å². The third-order valence-electron chi connectivity index (χ3n) is 4.27. The van der Waals surface area contributed by atoms with Crippen molar-refractivity contribution in [3.05, 3.63) is 40.6 Å². The van der Waals surface area contributed by atoms with Crippen molar-refractivity contribution >= 4 is 10.0 Å². The van der Waals surface area contributed by atoms with E-state index < -0.39 is 32.3 Å². The topological polar surface area (TPSA) is 95.3 Å². The lowest BCUT2D eigenvalue weighted by Crippen LogP contribution is -2.23. The maximum absolute atomic E-state index is 14.4. The lowest BCUT2D eigenvalue weighted by Gasteiger charge is -2.23. The van der Waals surface area contributed by atoms with Crippen molar-refractivity contribution in [3.63, 3.8) is 0 Å². The number of benzene rings is 1. The smallest absolute Gasteiger partial charge is 0.416 e. The molecule has 1 aliphatic carbocycles. The molecule has 2 aromatic rings. The average Bonchev–Trinajstić information content (AvgIpc) is 2.90. The van der Waals surface area contributed by atoms with Crippen LogP contribution in [0.25, 0.3) is 11.3 Å². The van der Waals surface area contributed by atoms with Gasteiger partial charge in [0.2, 0.25) is 10.0 Å². The van der Waals surface area contributed by atoms with Crippen molar-refractivity contribution in [3.8, 4) is 11.3 Å². The summed E-state index contributed by atoms with van der Waals surface area (Å²) in [5, 5.41) is 4.86. The van der Waals surface area contributed by atoms with Gasteiger partial charge in [-0.1, -0.05) is 19.3 Å². The van der Waals surface area contributed by atoms with E-state index in [9.17, 15) is 22.0 Å². The van der Waals surface area contributed by atoms with Gasteiger partial charge in [0.05, 0.1) is 5.69 Å². The van der Waals surface area contributed by atoms with Crippen LogP contribution < -0.4 is 10.9 Å². The lowest BCUT2D eigenvalue weighted by atomic mass is 9.95. The molecule has 0 amide bonds. The van der Waals surface area contributed by atoms with Gasteiger partial charge in [0, 0.05) is 11.6 Å². The summed E-state index contributed by atoms with van der Waals surface area (Å²) in [7, 11) is -4.39. The van der Waals surface area contributed by atoms with Gasteiger partial charge in [-0.2, -0.15) is 0 Å². The first-order valence-electron chi connectivity index (χ1n) is 7.51. The number of nitrogens with two attached hydrogens (primary N) is 1. The Morgan fingerprint density at radius 1 is 1.12 bits per heavy atom. The van der Waals surface area contributed by atoms with E-state index in [0.29, 0.717) is 6.07 Å². The highest BCUT2D eigenvalue weighted by atomic mass is 32.2. The van der Waals surface area contributed by atoms with Gasteiger partial charge in [0.1, 0.15) is 22.8 Å². The van der Waals surface area contributed by atoms with Gasteiger partial charge in [-0.25, -0.2) is 27.1 Å². The number of sulfonamides is 1. The molecule has 0 radical (unpaired) electrons. The standard InChI is InChI=1S/C15H16F2N2O4S/c16-11-7-14(24(18,21)22)12(17)6-10(11)13-8-23-15(20)19(13)9-4-2-1-3-5-9/h6-9H,1-5H2,(H2,18,21,22). The highest BCUT2D eigenvalue weighted by molar-refractivity contribution is 7.89. The summed E-state index contributed by atoms with van der Waals surface area (Å²) in [6, 6.07) is 1.09. The first-order chi connectivity index (χ1) is 11.3. The van der Waals surface area contributed by atoms with Gasteiger partial charge in [0.15, 0.2) is 0 Å². The molecule has 2 N–H and O–H groups in total. The minimum Gasteiger partial charge on any atom is -0.416 e. The Bertz CT molecular complexity index is 927. The van der Waals surface area contributed by atoms with E-state index >= 15 is 0 Å². The summed E-state index contributed by atoms with van der Waals surface area (Å²) in [5.41, 5.74) is -0.152. The van der Waals surface area contributed by atoms with Crippen LogP contribution in [0.5, 0.6) is 0 Å². The van der Waals surface area contributed by atoms with Crippen LogP contribution in [0.4, 0.5) is 8.78 Å². The van der Waals surface area contributed by atoms with Crippen LogP contribution in [0.1, 0.15) is 38.1 Å². The zero-order valence-corrected chi connectivity index (χ0v) is 13.5. The minimum atomic E-state index is -4.39. The Hall–Kier alpha value is -2.00. The molecule has 0 bridgehead atoms. The van der Waals surface area contributed by atoms with Crippen LogP contribution >= 0.6 is 0 Å². The summed E-state index contributed by atoms with van der Waals surface area (Å²) >= 11 is 0. The largest absolute Gasteiger partial charge is 0.419 e. The van der Waals surface area contributed by atoms with Gasteiger partial charge in [0.25, 0.3) is 0 Å². The Kier molecular flexibility index (Phi) is 4.31. The number of rotatable bonds is 3. The maximum Gasteiger partial charge on any atom is 0.419 e. The summed E-state index contributed by atoms with van der Waals surface area (Å²) in [6.07, 6.45) is 5.47.